The maximum absolute atomic E-state index is 9.52. The third kappa shape index (κ3) is 10.0. The molecule has 0 radical (unpaired) electrons. The number of aliphatic hydroxyl groups excluding tert-OH is 1. The molecule has 0 rings (SSSR count). The van der Waals surface area contributed by atoms with Crippen LogP contribution >= 0.6 is 0 Å². The molecule has 1 N–H and O–H groups in total. The number of hydrogen-bond donors (Lipinski definition) is 1. The van der Waals surface area contributed by atoms with E-state index in [1.54, 1.807) is 0 Å². The predicted octanol–water partition coefficient (Wildman–Crippen LogP) is 2.99. The summed E-state index contributed by atoms with van der Waals surface area (Å²) in [4.78, 5) is 0. The Kier molecular flexibility index (Phi) is 9.42. The van der Waals surface area contributed by atoms with Gasteiger partial charge in [-0.25, -0.2) is 0 Å². The van der Waals surface area contributed by atoms with E-state index in [0.717, 1.165) is 25.9 Å². The first-order valence-electron chi connectivity index (χ1n) is 5.92. The molecule has 0 heterocycles. The van der Waals surface area contributed by atoms with Crippen LogP contribution in [0.15, 0.2) is 0 Å². The molecule has 0 aromatic heterocycles. The third-order valence-electron chi connectivity index (χ3n) is 2.29. The van der Waals surface area contributed by atoms with Gasteiger partial charge in [0.25, 0.3) is 0 Å². The summed E-state index contributed by atoms with van der Waals surface area (Å²) in [6, 6.07) is 0. The number of rotatable bonds is 9. The molecule has 2 heteroatoms. The zero-order valence-electron chi connectivity index (χ0n) is 9.96. The molecule has 0 amide bonds. The highest BCUT2D eigenvalue weighted by Crippen LogP contribution is 2.04. The minimum Gasteiger partial charge on any atom is -0.391 e. The second-order valence-electron chi connectivity index (χ2n) is 4.41. The van der Waals surface area contributed by atoms with Crippen LogP contribution in [0.1, 0.15) is 52.9 Å². The normalized spacial score (nSPS) is 13.5. The molecular weight excluding hydrogens is 176 g/mol. The Labute approximate surface area is 88.7 Å². The second kappa shape index (κ2) is 9.47. The largest absolute Gasteiger partial charge is 0.391 e. The van der Waals surface area contributed by atoms with E-state index in [1.165, 1.54) is 12.8 Å². The van der Waals surface area contributed by atoms with Gasteiger partial charge in [-0.2, -0.15) is 0 Å². The fourth-order valence-electron chi connectivity index (χ4n) is 1.25. The lowest BCUT2D eigenvalue weighted by atomic mass is 10.1. The average Bonchev–Trinajstić information content (AvgIpc) is 2.13. The van der Waals surface area contributed by atoms with Crippen molar-refractivity contribution < 1.29 is 9.84 Å². The molecule has 0 saturated heterocycles. The van der Waals surface area contributed by atoms with Gasteiger partial charge in [0.1, 0.15) is 0 Å². The Morgan fingerprint density at radius 2 is 1.86 bits per heavy atom. The van der Waals surface area contributed by atoms with Crippen LogP contribution in [0.25, 0.3) is 0 Å². The van der Waals surface area contributed by atoms with Crippen LogP contribution in [-0.2, 0) is 4.74 Å². The monoisotopic (exact) mass is 202 g/mol. The highest BCUT2D eigenvalue weighted by Gasteiger charge is 2.03. The van der Waals surface area contributed by atoms with Gasteiger partial charge in [-0.05, 0) is 18.8 Å². The van der Waals surface area contributed by atoms with Gasteiger partial charge in [-0.3, -0.25) is 0 Å². The number of hydrogen-bond acceptors (Lipinski definition) is 2. The van der Waals surface area contributed by atoms with Crippen LogP contribution in [0.4, 0.5) is 0 Å². The van der Waals surface area contributed by atoms with Crippen LogP contribution in [0.5, 0.6) is 0 Å². The second-order valence-corrected chi connectivity index (χ2v) is 4.41. The topological polar surface area (TPSA) is 29.5 Å². The summed E-state index contributed by atoms with van der Waals surface area (Å²) in [6.07, 6.45) is 5.25. The summed E-state index contributed by atoms with van der Waals surface area (Å²) in [5.41, 5.74) is 0. The molecule has 0 aliphatic carbocycles. The van der Waals surface area contributed by atoms with Gasteiger partial charge in [0.05, 0.1) is 12.7 Å². The lowest BCUT2D eigenvalue weighted by Crippen LogP contribution is -2.16. The Hall–Kier alpha value is -0.0800. The van der Waals surface area contributed by atoms with Crippen LogP contribution in [0.3, 0.4) is 0 Å². The van der Waals surface area contributed by atoms with Crippen LogP contribution < -0.4 is 0 Å². The summed E-state index contributed by atoms with van der Waals surface area (Å²) in [7, 11) is 0. The van der Waals surface area contributed by atoms with E-state index in [1.807, 2.05) is 0 Å². The van der Waals surface area contributed by atoms with Crippen molar-refractivity contribution in [1.29, 1.82) is 0 Å². The SMILES string of the molecule is CCCCCC(O)COCCC(C)C. The molecule has 0 bridgehead atoms. The fourth-order valence-corrected chi connectivity index (χ4v) is 1.25. The van der Waals surface area contributed by atoms with Crippen molar-refractivity contribution in [1.82, 2.24) is 0 Å². The number of ether oxygens (including phenoxy) is 1. The van der Waals surface area contributed by atoms with Crippen molar-refractivity contribution in [3.63, 3.8) is 0 Å². The average molecular weight is 202 g/mol. The van der Waals surface area contributed by atoms with E-state index < -0.39 is 0 Å². The van der Waals surface area contributed by atoms with Gasteiger partial charge in [0.2, 0.25) is 0 Å². The molecule has 0 aliphatic rings. The zero-order chi connectivity index (χ0) is 10.8. The van der Waals surface area contributed by atoms with Gasteiger partial charge in [-0.1, -0.05) is 40.0 Å². The molecule has 0 aromatic rings. The van der Waals surface area contributed by atoms with Crippen molar-refractivity contribution >= 4 is 0 Å². The first kappa shape index (κ1) is 13.9. The standard InChI is InChI=1S/C12H26O2/c1-4-5-6-7-12(13)10-14-9-8-11(2)3/h11-13H,4-10H2,1-3H3. The van der Waals surface area contributed by atoms with E-state index in [2.05, 4.69) is 20.8 Å². The van der Waals surface area contributed by atoms with Crippen molar-refractivity contribution in [3.8, 4) is 0 Å². The minimum atomic E-state index is -0.256. The Bertz CT molecular complexity index is 113. The van der Waals surface area contributed by atoms with Gasteiger partial charge in [0, 0.05) is 6.61 Å². The van der Waals surface area contributed by atoms with Crippen molar-refractivity contribution in [3.05, 3.63) is 0 Å². The quantitative estimate of drug-likeness (QED) is 0.582. The molecule has 2 nitrogen and oxygen atoms in total. The first-order chi connectivity index (χ1) is 6.66. The smallest absolute Gasteiger partial charge is 0.0773 e. The summed E-state index contributed by atoms with van der Waals surface area (Å²) < 4.78 is 5.39. The van der Waals surface area contributed by atoms with E-state index in [9.17, 15) is 5.11 Å². The maximum Gasteiger partial charge on any atom is 0.0773 e. The molecule has 0 saturated carbocycles. The molecule has 1 atom stereocenters. The van der Waals surface area contributed by atoms with Gasteiger partial charge in [-0.15, -0.1) is 0 Å². The third-order valence-corrected chi connectivity index (χ3v) is 2.29. The molecular formula is C12H26O2. The summed E-state index contributed by atoms with van der Waals surface area (Å²) in [6.45, 7) is 7.83. The van der Waals surface area contributed by atoms with E-state index in [4.69, 9.17) is 4.74 Å². The Balaban J connectivity index is 3.14. The highest BCUT2D eigenvalue weighted by atomic mass is 16.5. The van der Waals surface area contributed by atoms with Crippen LogP contribution in [-0.4, -0.2) is 24.4 Å². The molecule has 14 heavy (non-hydrogen) atoms. The Morgan fingerprint density at radius 3 is 2.43 bits per heavy atom. The predicted molar refractivity (Wildman–Crippen MR) is 60.4 cm³/mol. The number of unbranched alkanes of at least 4 members (excludes halogenated alkanes) is 2. The van der Waals surface area contributed by atoms with E-state index in [0.29, 0.717) is 12.5 Å². The molecule has 0 aliphatic heterocycles. The molecule has 0 spiro atoms. The molecule has 0 aromatic carbocycles. The van der Waals surface area contributed by atoms with Gasteiger partial charge in [0.15, 0.2) is 0 Å². The Morgan fingerprint density at radius 1 is 1.14 bits per heavy atom. The number of aliphatic hydroxyl groups is 1. The summed E-state index contributed by atoms with van der Waals surface area (Å²) in [5, 5.41) is 9.52. The zero-order valence-corrected chi connectivity index (χ0v) is 9.96. The van der Waals surface area contributed by atoms with Gasteiger partial charge >= 0.3 is 0 Å². The minimum absolute atomic E-state index is 0.256. The van der Waals surface area contributed by atoms with Crippen molar-refractivity contribution in [2.45, 2.75) is 59.0 Å². The summed E-state index contributed by atoms with van der Waals surface area (Å²) >= 11 is 0. The molecule has 86 valence electrons. The van der Waals surface area contributed by atoms with Crippen LogP contribution in [0, 0.1) is 5.92 Å². The van der Waals surface area contributed by atoms with E-state index >= 15 is 0 Å². The molecule has 0 fully saturated rings. The van der Waals surface area contributed by atoms with Crippen LogP contribution in [0.2, 0.25) is 0 Å². The lowest BCUT2D eigenvalue weighted by molar-refractivity contribution is 0.0275. The lowest BCUT2D eigenvalue weighted by Gasteiger charge is -2.11. The molecule has 1 unspecified atom stereocenters. The fraction of sp³-hybridized carbons (Fsp3) is 1.00. The first-order valence-corrected chi connectivity index (χ1v) is 5.92. The maximum atomic E-state index is 9.52. The van der Waals surface area contributed by atoms with Gasteiger partial charge < -0.3 is 9.84 Å². The highest BCUT2D eigenvalue weighted by molar-refractivity contribution is 4.54. The van der Waals surface area contributed by atoms with E-state index in [-0.39, 0.29) is 6.10 Å². The van der Waals surface area contributed by atoms with Crippen molar-refractivity contribution in [2.24, 2.45) is 5.92 Å². The summed E-state index contributed by atoms with van der Waals surface area (Å²) in [5.74, 6) is 0.687. The van der Waals surface area contributed by atoms with Crippen molar-refractivity contribution in [2.75, 3.05) is 13.2 Å².